The van der Waals surface area contributed by atoms with Gasteiger partial charge in [0.25, 0.3) is 0 Å². The van der Waals surface area contributed by atoms with Crippen LogP contribution < -0.4 is 4.90 Å². The molecule has 0 saturated carbocycles. The largest absolute Gasteiger partial charge is 0.396 e. The van der Waals surface area contributed by atoms with Crippen molar-refractivity contribution >= 4 is 11.3 Å². The number of hydrogen-bond acceptors (Lipinski definition) is 4. The molecule has 90 valence electrons. The normalized spacial score (nSPS) is 20.3. The first-order chi connectivity index (χ1) is 8.38. The molecule has 0 bridgehead atoms. The third kappa shape index (κ3) is 1.86. The maximum absolute atomic E-state index is 8.97. The van der Waals surface area contributed by atoms with Crippen LogP contribution in [0.25, 0.3) is 5.52 Å². The molecule has 1 fully saturated rings. The minimum Gasteiger partial charge on any atom is -0.396 e. The van der Waals surface area contributed by atoms with Crippen molar-refractivity contribution in [2.75, 3.05) is 24.6 Å². The first-order valence-corrected chi connectivity index (χ1v) is 6.02. The summed E-state index contributed by atoms with van der Waals surface area (Å²) in [5.74, 6) is 1.59. The van der Waals surface area contributed by atoms with Gasteiger partial charge in [0.2, 0.25) is 0 Å². The van der Waals surface area contributed by atoms with Gasteiger partial charge in [-0.3, -0.25) is 0 Å². The van der Waals surface area contributed by atoms with Gasteiger partial charge in [-0.2, -0.15) is 5.10 Å². The number of aliphatic hydroxyl groups excluding tert-OH is 1. The summed E-state index contributed by atoms with van der Waals surface area (Å²) in [5, 5.41) is 13.2. The van der Waals surface area contributed by atoms with E-state index < -0.39 is 0 Å². The number of aromatic nitrogens is 3. The van der Waals surface area contributed by atoms with Crippen LogP contribution in [0, 0.1) is 5.92 Å². The molecule has 5 heteroatoms. The van der Waals surface area contributed by atoms with Gasteiger partial charge in [-0.1, -0.05) is 0 Å². The highest BCUT2D eigenvalue weighted by atomic mass is 16.3. The summed E-state index contributed by atoms with van der Waals surface area (Å²) in [7, 11) is 0. The Morgan fingerprint density at radius 1 is 1.41 bits per heavy atom. The molecular weight excluding hydrogens is 216 g/mol. The number of rotatable bonds is 3. The van der Waals surface area contributed by atoms with E-state index in [0.717, 1.165) is 37.3 Å². The summed E-state index contributed by atoms with van der Waals surface area (Å²) in [6.45, 7) is 2.28. The number of nitrogens with zero attached hydrogens (tertiary/aromatic N) is 4. The summed E-state index contributed by atoms with van der Waals surface area (Å²) in [6, 6.07) is 1.99. The van der Waals surface area contributed by atoms with Crippen LogP contribution in [0.1, 0.15) is 12.8 Å². The fourth-order valence-corrected chi connectivity index (χ4v) is 2.53. The zero-order valence-corrected chi connectivity index (χ0v) is 9.66. The highest BCUT2D eigenvalue weighted by Gasteiger charge is 2.24. The number of hydrogen-bond donors (Lipinski definition) is 1. The quantitative estimate of drug-likeness (QED) is 0.855. The second kappa shape index (κ2) is 4.33. The second-order valence-corrected chi connectivity index (χ2v) is 4.52. The second-order valence-electron chi connectivity index (χ2n) is 4.52. The maximum Gasteiger partial charge on any atom is 0.154 e. The maximum atomic E-state index is 8.97. The van der Waals surface area contributed by atoms with Gasteiger partial charge in [0.05, 0.1) is 6.20 Å². The summed E-state index contributed by atoms with van der Waals surface area (Å²) < 4.78 is 1.85. The van der Waals surface area contributed by atoms with Gasteiger partial charge >= 0.3 is 0 Å². The fraction of sp³-hybridized carbons (Fsp3) is 0.500. The van der Waals surface area contributed by atoms with E-state index in [1.807, 2.05) is 16.8 Å². The van der Waals surface area contributed by atoms with Crippen LogP contribution in [-0.4, -0.2) is 39.4 Å². The van der Waals surface area contributed by atoms with Gasteiger partial charge in [0.1, 0.15) is 5.52 Å². The van der Waals surface area contributed by atoms with Crippen molar-refractivity contribution in [3.8, 4) is 0 Å². The van der Waals surface area contributed by atoms with Crippen LogP contribution in [0.5, 0.6) is 0 Å². The first-order valence-electron chi connectivity index (χ1n) is 6.02. The molecule has 1 N–H and O–H groups in total. The van der Waals surface area contributed by atoms with E-state index in [1.54, 1.807) is 12.4 Å². The molecule has 1 saturated heterocycles. The van der Waals surface area contributed by atoms with Crippen molar-refractivity contribution in [2.24, 2.45) is 5.92 Å². The Hall–Kier alpha value is -1.62. The zero-order chi connectivity index (χ0) is 11.7. The molecule has 1 aliphatic heterocycles. The third-order valence-electron chi connectivity index (χ3n) is 3.43. The lowest BCUT2D eigenvalue weighted by molar-refractivity contribution is 0.263. The average Bonchev–Trinajstić information content (AvgIpc) is 2.96. The molecule has 0 radical (unpaired) electrons. The topological polar surface area (TPSA) is 53.7 Å². The van der Waals surface area contributed by atoms with Gasteiger partial charge in [-0.15, -0.1) is 0 Å². The Balaban J connectivity index is 1.87. The van der Waals surface area contributed by atoms with Gasteiger partial charge in [-0.25, -0.2) is 9.50 Å². The van der Waals surface area contributed by atoms with E-state index in [0.29, 0.717) is 5.92 Å². The smallest absolute Gasteiger partial charge is 0.154 e. The van der Waals surface area contributed by atoms with Crippen LogP contribution >= 0.6 is 0 Å². The van der Waals surface area contributed by atoms with Crippen molar-refractivity contribution in [1.82, 2.24) is 14.6 Å². The molecule has 1 atom stereocenters. The molecule has 1 aliphatic rings. The summed E-state index contributed by atoms with van der Waals surface area (Å²) in [5.41, 5.74) is 1.05. The molecular formula is C12H16N4O. The summed E-state index contributed by atoms with van der Waals surface area (Å²) in [6.07, 6.45) is 7.47. The highest BCUT2D eigenvalue weighted by Crippen LogP contribution is 2.26. The highest BCUT2D eigenvalue weighted by molar-refractivity contribution is 5.68. The molecule has 5 nitrogen and oxygen atoms in total. The fourth-order valence-electron chi connectivity index (χ4n) is 2.53. The van der Waals surface area contributed by atoms with Crippen molar-refractivity contribution in [1.29, 1.82) is 0 Å². The lowest BCUT2D eigenvalue weighted by Gasteiger charge is -2.18. The minimum absolute atomic E-state index is 0.281. The van der Waals surface area contributed by atoms with Gasteiger partial charge in [0, 0.05) is 32.1 Å². The van der Waals surface area contributed by atoms with Crippen molar-refractivity contribution < 1.29 is 5.11 Å². The number of fused-ring (bicyclic) bond motifs is 1. The molecule has 3 rings (SSSR count). The molecule has 0 spiro atoms. The van der Waals surface area contributed by atoms with E-state index >= 15 is 0 Å². The van der Waals surface area contributed by atoms with E-state index in [2.05, 4.69) is 15.0 Å². The Kier molecular flexibility index (Phi) is 2.68. The Morgan fingerprint density at radius 3 is 3.24 bits per heavy atom. The first kappa shape index (κ1) is 10.5. The molecule has 0 amide bonds. The van der Waals surface area contributed by atoms with Crippen molar-refractivity contribution in [3.63, 3.8) is 0 Å². The third-order valence-corrected chi connectivity index (χ3v) is 3.43. The summed E-state index contributed by atoms with van der Waals surface area (Å²) >= 11 is 0. The standard InChI is InChI=1S/C12H16N4O/c17-8-3-10-2-6-15(9-10)12-11-1-4-14-16(11)7-5-13-12/h1,4-5,7,10,17H,2-3,6,8-9H2. The molecule has 2 aromatic rings. The van der Waals surface area contributed by atoms with E-state index in [-0.39, 0.29) is 6.61 Å². The van der Waals surface area contributed by atoms with Gasteiger partial charge in [-0.05, 0) is 24.8 Å². The van der Waals surface area contributed by atoms with Crippen LogP contribution in [0.4, 0.5) is 5.82 Å². The van der Waals surface area contributed by atoms with Crippen molar-refractivity contribution in [3.05, 3.63) is 24.7 Å². The Morgan fingerprint density at radius 2 is 2.35 bits per heavy atom. The molecule has 0 aliphatic carbocycles. The Bertz CT molecular complexity index is 510. The van der Waals surface area contributed by atoms with Crippen LogP contribution in [0.15, 0.2) is 24.7 Å². The lowest BCUT2D eigenvalue weighted by atomic mass is 10.1. The van der Waals surface area contributed by atoms with Crippen LogP contribution in [0.2, 0.25) is 0 Å². The summed E-state index contributed by atoms with van der Waals surface area (Å²) in [4.78, 5) is 6.75. The molecule has 0 aromatic carbocycles. The predicted molar refractivity (Wildman–Crippen MR) is 65.0 cm³/mol. The van der Waals surface area contributed by atoms with Gasteiger partial charge in [0.15, 0.2) is 5.82 Å². The molecule has 2 aromatic heterocycles. The number of aliphatic hydroxyl groups is 1. The molecule has 3 heterocycles. The SMILES string of the molecule is OCCC1CCN(c2nccn3nccc23)C1. The van der Waals surface area contributed by atoms with Gasteiger partial charge < -0.3 is 10.0 Å². The molecule has 17 heavy (non-hydrogen) atoms. The lowest BCUT2D eigenvalue weighted by Crippen LogP contribution is -2.21. The monoisotopic (exact) mass is 232 g/mol. The van der Waals surface area contributed by atoms with Crippen molar-refractivity contribution in [2.45, 2.75) is 12.8 Å². The molecule has 1 unspecified atom stereocenters. The zero-order valence-electron chi connectivity index (χ0n) is 9.66. The van der Waals surface area contributed by atoms with E-state index in [4.69, 9.17) is 5.11 Å². The average molecular weight is 232 g/mol. The predicted octanol–water partition coefficient (Wildman–Crippen LogP) is 0.938. The van der Waals surface area contributed by atoms with Crippen LogP contribution in [0.3, 0.4) is 0 Å². The van der Waals surface area contributed by atoms with Crippen LogP contribution in [-0.2, 0) is 0 Å². The Labute approximate surface area is 99.7 Å². The number of anilines is 1. The minimum atomic E-state index is 0.281. The van der Waals surface area contributed by atoms with E-state index in [1.165, 1.54) is 0 Å². The van der Waals surface area contributed by atoms with E-state index in [9.17, 15) is 0 Å².